The van der Waals surface area contributed by atoms with Crippen molar-refractivity contribution in [1.82, 2.24) is 0 Å². The summed E-state index contributed by atoms with van der Waals surface area (Å²) in [5, 5.41) is -2.38. The fraction of sp³-hybridized carbons (Fsp3) is 0.111. The zero-order valence-electron chi connectivity index (χ0n) is 7.24. The fourth-order valence-corrected chi connectivity index (χ4v) is 1.87. The quantitative estimate of drug-likeness (QED) is 0.695. The summed E-state index contributed by atoms with van der Waals surface area (Å²) in [7, 11) is 0. The second-order valence-corrected chi connectivity index (χ2v) is 10.1. The maximum Gasteiger partial charge on any atom is 0.332 e. The molecule has 0 atom stereocenters. The zero-order chi connectivity index (χ0) is 10.4. The molecular formula is C9H9Cl3OP+. The normalized spacial score (nSPS) is 11.9. The molecule has 14 heavy (non-hydrogen) atoms. The van der Waals surface area contributed by atoms with E-state index in [4.69, 9.17) is 38.5 Å². The van der Waals surface area contributed by atoms with Gasteiger partial charge in [-0.05, 0) is 18.2 Å². The lowest BCUT2D eigenvalue weighted by Gasteiger charge is -2.00. The molecule has 0 unspecified atom stereocenters. The van der Waals surface area contributed by atoms with Gasteiger partial charge in [0.2, 0.25) is 0 Å². The van der Waals surface area contributed by atoms with Crippen molar-refractivity contribution in [2.45, 2.75) is 0 Å². The van der Waals surface area contributed by atoms with Crippen molar-refractivity contribution in [3.63, 3.8) is 0 Å². The van der Waals surface area contributed by atoms with Crippen molar-refractivity contribution in [2.75, 3.05) is 6.61 Å². The second-order valence-electron chi connectivity index (χ2n) is 2.49. The Hall–Kier alpha value is 0.0600. The van der Waals surface area contributed by atoms with E-state index >= 15 is 0 Å². The van der Waals surface area contributed by atoms with Gasteiger partial charge in [0, 0.05) is 0 Å². The molecule has 0 spiro atoms. The van der Waals surface area contributed by atoms with Crippen LogP contribution in [0.4, 0.5) is 0 Å². The molecular weight excluding hydrogens is 261 g/mol. The summed E-state index contributed by atoms with van der Waals surface area (Å²) in [5.74, 6) is 2.38. The molecule has 0 aliphatic rings. The van der Waals surface area contributed by atoms with E-state index in [2.05, 4.69) is 0 Å². The fourth-order valence-electron chi connectivity index (χ4n) is 0.824. The van der Waals surface area contributed by atoms with E-state index in [1.165, 1.54) is 0 Å². The van der Waals surface area contributed by atoms with Gasteiger partial charge in [-0.15, -0.1) is 0 Å². The summed E-state index contributed by atoms with van der Waals surface area (Å²) in [4.78, 5) is 0. The SMILES string of the molecule is Cl[P+](Cl)(Cl)C=CCOc1ccccc1. The highest BCUT2D eigenvalue weighted by molar-refractivity contribution is 8.34. The third kappa shape index (κ3) is 5.72. The number of benzene rings is 1. The average Bonchev–Trinajstić information content (AvgIpc) is 2.13. The summed E-state index contributed by atoms with van der Waals surface area (Å²) >= 11 is 16.8. The van der Waals surface area contributed by atoms with Gasteiger partial charge in [-0.1, -0.05) is 18.2 Å². The summed E-state index contributed by atoms with van der Waals surface area (Å²) in [5.41, 5.74) is 0. The number of halogens is 3. The molecule has 0 fully saturated rings. The van der Waals surface area contributed by atoms with Crippen molar-refractivity contribution < 1.29 is 4.74 Å². The van der Waals surface area contributed by atoms with E-state index in [-0.39, 0.29) is 0 Å². The van der Waals surface area contributed by atoms with Crippen LogP contribution in [0.3, 0.4) is 0 Å². The van der Waals surface area contributed by atoms with Crippen LogP contribution in [0.15, 0.2) is 42.2 Å². The average molecular weight is 271 g/mol. The van der Waals surface area contributed by atoms with Crippen LogP contribution in [-0.2, 0) is 0 Å². The Kier molecular flexibility index (Phi) is 5.05. The first-order chi connectivity index (χ1) is 6.58. The van der Waals surface area contributed by atoms with Crippen LogP contribution in [0, 0.1) is 0 Å². The maximum atomic E-state index is 5.61. The van der Waals surface area contributed by atoms with Crippen molar-refractivity contribution >= 4 is 39.0 Å². The summed E-state index contributed by atoms with van der Waals surface area (Å²) < 4.78 is 5.36. The van der Waals surface area contributed by atoms with Crippen molar-refractivity contribution in [2.24, 2.45) is 0 Å². The van der Waals surface area contributed by atoms with E-state index < -0.39 is 5.32 Å². The van der Waals surface area contributed by atoms with E-state index in [0.717, 1.165) is 5.75 Å². The van der Waals surface area contributed by atoms with Gasteiger partial charge in [-0.3, -0.25) is 0 Å². The van der Waals surface area contributed by atoms with Gasteiger partial charge in [0.05, 0.1) is 0 Å². The second kappa shape index (κ2) is 5.82. The Morgan fingerprint density at radius 2 is 1.79 bits per heavy atom. The van der Waals surface area contributed by atoms with Crippen LogP contribution in [-0.4, -0.2) is 6.61 Å². The Labute approximate surface area is 98.3 Å². The van der Waals surface area contributed by atoms with Crippen LogP contribution in [0.1, 0.15) is 0 Å². The van der Waals surface area contributed by atoms with Crippen LogP contribution >= 0.6 is 39.0 Å². The summed E-state index contributed by atoms with van der Waals surface area (Å²) in [6.07, 6.45) is 1.72. The molecule has 76 valence electrons. The molecule has 0 saturated carbocycles. The minimum absolute atomic E-state index is 0.415. The smallest absolute Gasteiger partial charge is 0.332 e. The molecule has 1 aromatic rings. The summed E-state index contributed by atoms with van der Waals surface area (Å²) in [6, 6.07) is 9.48. The van der Waals surface area contributed by atoms with Crippen LogP contribution in [0.25, 0.3) is 0 Å². The van der Waals surface area contributed by atoms with E-state index in [1.807, 2.05) is 30.3 Å². The molecule has 0 amide bonds. The monoisotopic (exact) mass is 269 g/mol. The lowest BCUT2D eigenvalue weighted by atomic mass is 10.3. The zero-order valence-corrected chi connectivity index (χ0v) is 10.4. The highest BCUT2D eigenvalue weighted by atomic mass is 36.1. The first-order valence-corrected chi connectivity index (χ1v) is 8.48. The van der Waals surface area contributed by atoms with Crippen molar-refractivity contribution in [1.29, 1.82) is 0 Å². The first kappa shape index (κ1) is 12.1. The van der Waals surface area contributed by atoms with Gasteiger partial charge >= 0.3 is 5.32 Å². The number of rotatable bonds is 4. The van der Waals surface area contributed by atoms with E-state index in [0.29, 0.717) is 6.61 Å². The molecule has 5 heteroatoms. The minimum Gasteiger partial charge on any atom is -0.489 e. The highest BCUT2D eigenvalue weighted by Gasteiger charge is 2.27. The largest absolute Gasteiger partial charge is 0.489 e. The van der Waals surface area contributed by atoms with Crippen molar-refractivity contribution in [3.05, 3.63) is 42.2 Å². The van der Waals surface area contributed by atoms with Gasteiger partial charge in [0.25, 0.3) is 0 Å². The van der Waals surface area contributed by atoms with E-state index in [1.54, 1.807) is 11.9 Å². The van der Waals surface area contributed by atoms with Crippen LogP contribution in [0.2, 0.25) is 0 Å². The van der Waals surface area contributed by atoms with Gasteiger partial charge in [0.1, 0.15) is 51.9 Å². The molecule has 0 aliphatic heterocycles. The van der Waals surface area contributed by atoms with Gasteiger partial charge in [-0.2, -0.15) is 0 Å². The lowest BCUT2D eigenvalue weighted by Crippen LogP contribution is -1.91. The Morgan fingerprint density at radius 1 is 1.14 bits per heavy atom. The number of para-hydroxylation sites is 1. The molecule has 0 aliphatic carbocycles. The summed E-state index contributed by atoms with van der Waals surface area (Å²) in [6.45, 7) is 0.415. The molecule has 0 N–H and O–H groups in total. The third-order valence-corrected chi connectivity index (χ3v) is 2.93. The van der Waals surface area contributed by atoms with Gasteiger partial charge < -0.3 is 4.74 Å². The van der Waals surface area contributed by atoms with Crippen LogP contribution in [0.5, 0.6) is 5.75 Å². The van der Waals surface area contributed by atoms with Crippen LogP contribution < -0.4 is 4.74 Å². The molecule has 0 saturated heterocycles. The molecule has 1 nitrogen and oxygen atoms in total. The third-order valence-electron chi connectivity index (χ3n) is 1.36. The topological polar surface area (TPSA) is 9.23 Å². The highest BCUT2D eigenvalue weighted by Crippen LogP contribution is 2.75. The number of ether oxygens (including phenoxy) is 1. The molecule has 0 heterocycles. The molecule has 1 rings (SSSR count). The Morgan fingerprint density at radius 3 is 2.36 bits per heavy atom. The predicted octanol–water partition coefficient (Wildman–Crippen LogP) is 5.06. The first-order valence-electron chi connectivity index (χ1n) is 3.91. The minimum atomic E-state index is -2.38. The van der Waals surface area contributed by atoms with E-state index in [9.17, 15) is 0 Å². The maximum absolute atomic E-state index is 5.61. The van der Waals surface area contributed by atoms with Gasteiger partial charge in [0.15, 0.2) is 0 Å². The van der Waals surface area contributed by atoms with Crippen molar-refractivity contribution in [3.8, 4) is 5.75 Å². The molecule has 0 aromatic heterocycles. The number of hydrogen-bond acceptors (Lipinski definition) is 1. The number of hydrogen-bond donors (Lipinski definition) is 0. The standard InChI is InChI=1S/C9H9Cl3OP/c10-14(11,12)8-4-7-13-9-5-2-1-3-6-9/h1-6,8H,7H2/q+1. The Balaban J connectivity index is 2.33. The molecule has 0 bridgehead atoms. The lowest BCUT2D eigenvalue weighted by molar-refractivity contribution is 0.363. The predicted molar refractivity (Wildman–Crippen MR) is 65.6 cm³/mol. The molecule has 0 radical (unpaired) electrons. The van der Waals surface area contributed by atoms with Gasteiger partial charge in [-0.25, -0.2) is 0 Å². The Bertz CT molecular complexity index is 295. The molecule has 1 aromatic carbocycles.